The van der Waals surface area contributed by atoms with Gasteiger partial charge in [-0.2, -0.15) is 0 Å². The molecule has 5 nitrogen and oxygen atoms in total. The molecule has 0 aromatic rings. The summed E-state index contributed by atoms with van der Waals surface area (Å²) in [5.41, 5.74) is -0.554. The molecule has 1 N–H and O–H groups in total. The highest BCUT2D eigenvalue weighted by Gasteiger charge is 2.35. The zero-order valence-electron chi connectivity index (χ0n) is 9.27. The van der Waals surface area contributed by atoms with Crippen LogP contribution in [0.5, 0.6) is 0 Å². The van der Waals surface area contributed by atoms with Crippen molar-refractivity contribution in [3.63, 3.8) is 0 Å². The van der Waals surface area contributed by atoms with Gasteiger partial charge in [0.1, 0.15) is 11.9 Å². The van der Waals surface area contributed by atoms with Crippen molar-refractivity contribution in [2.24, 2.45) is 5.92 Å². The Morgan fingerprint density at radius 1 is 1.47 bits per heavy atom. The quantitative estimate of drug-likeness (QED) is 0.643. The van der Waals surface area contributed by atoms with Gasteiger partial charge in [0.15, 0.2) is 0 Å². The maximum atomic E-state index is 11.5. The first kappa shape index (κ1) is 12.0. The lowest BCUT2D eigenvalue weighted by molar-refractivity contribution is -0.112. The van der Waals surface area contributed by atoms with Crippen LogP contribution in [0.3, 0.4) is 0 Å². The highest BCUT2D eigenvalue weighted by molar-refractivity contribution is 5.70. The van der Waals surface area contributed by atoms with Gasteiger partial charge in [-0.3, -0.25) is 0 Å². The van der Waals surface area contributed by atoms with Crippen molar-refractivity contribution in [2.45, 2.75) is 32.5 Å². The van der Waals surface area contributed by atoms with Crippen molar-refractivity contribution in [3.8, 4) is 0 Å². The van der Waals surface area contributed by atoms with E-state index in [0.29, 0.717) is 6.29 Å². The minimum absolute atomic E-state index is 0.165. The Bertz CT molecular complexity index is 259. The minimum atomic E-state index is -0.769. The molecule has 1 fully saturated rings. The average molecular weight is 215 g/mol. The summed E-state index contributed by atoms with van der Waals surface area (Å²) < 4.78 is 5.12. The van der Waals surface area contributed by atoms with Crippen LogP contribution in [0.4, 0.5) is 4.79 Å². The molecule has 86 valence electrons. The van der Waals surface area contributed by atoms with Gasteiger partial charge in [-0.05, 0) is 20.8 Å². The Morgan fingerprint density at radius 3 is 2.47 bits per heavy atom. The molecule has 1 aliphatic rings. The minimum Gasteiger partial charge on any atom is -0.444 e. The zero-order chi connectivity index (χ0) is 11.6. The van der Waals surface area contributed by atoms with Gasteiger partial charge in [0.05, 0.1) is 18.6 Å². The molecular weight excluding hydrogens is 198 g/mol. The average Bonchev–Trinajstić information content (AvgIpc) is 2.43. The van der Waals surface area contributed by atoms with Crippen molar-refractivity contribution in [1.82, 2.24) is 4.90 Å². The first-order chi connectivity index (χ1) is 6.83. The maximum Gasteiger partial charge on any atom is 0.410 e. The molecule has 0 radical (unpaired) electrons. The van der Waals surface area contributed by atoms with Gasteiger partial charge >= 0.3 is 6.09 Å². The molecule has 0 spiro atoms. The van der Waals surface area contributed by atoms with E-state index in [4.69, 9.17) is 4.74 Å². The Kier molecular flexibility index (Phi) is 3.34. The molecule has 5 heteroatoms. The summed E-state index contributed by atoms with van der Waals surface area (Å²) in [5, 5.41) is 9.43. The van der Waals surface area contributed by atoms with Crippen molar-refractivity contribution in [3.05, 3.63) is 0 Å². The molecule has 0 aromatic carbocycles. The van der Waals surface area contributed by atoms with E-state index in [9.17, 15) is 14.7 Å². The summed E-state index contributed by atoms with van der Waals surface area (Å²) in [6, 6.07) is 0. The fraction of sp³-hybridized carbons (Fsp3) is 0.800. The number of carbonyl (C=O) groups excluding carboxylic acids is 2. The molecule has 0 aromatic heterocycles. The zero-order valence-corrected chi connectivity index (χ0v) is 9.27. The lowest BCUT2D eigenvalue weighted by Gasteiger charge is -2.24. The van der Waals surface area contributed by atoms with Crippen molar-refractivity contribution in [1.29, 1.82) is 0 Å². The molecule has 0 bridgehead atoms. The van der Waals surface area contributed by atoms with Crippen LogP contribution in [0, 0.1) is 5.92 Å². The van der Waals surface area contributed by atoms with Crippen LogP contribution in [-0.2, 0) is 9.53 Å². The summed E-state index contributed by atoms with van der Waals surface area (Å²) in [7, 11) is 0. The van der Waals surface area contributed by atoms with Gasteiger partial charge < -0.3 is 19.5 Å². The van der Waals surface area contributed by atoms with Gasteiger partial charge in [-0.1, -0.05) is 0 Å². The fourth-order valence-electron chi connectivity index (χ4n) is 1.42. The first-order valence-corrected chi connectivity index (χ1v) is 4.95. The summed E-state index contributed by atoms with van der Waals surface area (Å²) in [4.78, 5) is 23.4. The first-order valence-electron chi connectivity index (χ1n) is 4.95. The molecule has 1 heterocycles. The van der Waals surface area contributed by atoms with E-state index in [1.807, 2.05) is 0 Å². The van der Waals surface area contributed by atoms with Crippen LogP contribution >= 0.6 is 0 Å². The molecule has 1 saturated heterocycles. The van der Waals surface area contributed by atoms with Crippen molar-refractivity contribution < 1.29 is 19.4 Å². The smallest absolute Gasteiger partial charge is 0.410 e. The fourth-order valence-corrected chi connectivity index (χ4v) is 1.42. The number of carbonyl (C=O) groups is 2. The number of aliphatic hydroxyl groups excluding tert-OH is 1. The molecule has 0 unspecified atom stereocenters. The third kappa shape index (κ3) is 3.20. The largest absolute Gasteiger partial charge is 0.444 e. The van der Waals surface area contributed by atoms with Crippen LogP contribution in [-0.4, -0.2) is 47.2 Å². The highest BCUT2D eigenvalue weighted by Crippen LogP contribution is 2.18. The number of hydrogen-bond acceptors (Lipinski definition) is 4. The van der Waals surface area contributed by atoms with E-state index >= 15 is 0 Å². The Labute approximate surface area is 89.0 Å². The van der Waals surface area contributed by atoms with Crippen LogP contribution in [0.15, 0.2) is 0 Å². The van der Waals surface area contributed by atoms with E-state index in [-0.39, 0.29) is 13.1 Å². The molecule has 1 rings (SSSR count). The number of rotatable bonds is 1. The van der Waals surface area contributed by atoms with E-state index in [0.717, 1.165) is 0 Å². The maximum absolute atomic E-state index is 11.5. The lowest BCUT2D eigenvalue weighted by Crippen LogP contribution is -2.35. The second kappa shape index (κ2) is 4.18. The highest BCUT2D eigenvalue weighted by atomic mass is 16.6. The predicted molar refractivity (Wildman–Crippen MR) is 53.4 cm³/mol. The third-order valence-corrected chi connectivity index (χ3v) is 2.16. The second-order valence-electron chi connectivity index (χ2n) is 4.75. The molecule has 0 saturated carbocycles. The van der Waals surface area contributed by atoms with E-state index in [1.165, 1.54) is 4.90 Å². The lowest BCUT2D eigenvalue weighted by atomic mass is 10.1. The molecule has 15 heavy (non-hydrogen) atoms. The normalized spacial score (nSPS) is 26.5. The standard InChI is InChI=1S/C10H17NO4/c1-10(2,3)15-9(14)11-4-7(6-12)8(13)5-11/h6-8,13H,4-5H2,1-3H3/t7-,8+/m0/s1. The number of amides is 1. The Morgan fingerprint density at radius 2 is 2.07 bits per heavy atom. The summed E-state index contributed by atoms with van der Waals surface area (Å²) in [6.45, 7) is 5.72. The summed E-state index contributed by atoms with van der Waals surface area (Å²) in [5.74, 6) is -0.488. The van der Waals surface area contributed by atoms with Gasteiger partial charge in [-0.15, -0.1) is 0 Å². The van der Waals surface area contributed by atoms with Gasteiger partial charge in [0.2, 0.25) is 0 Å². The molecular formula is C10H17NO4. The second-order valence-corrected chi connectivity index (χ2v) is 4.75. The number of β-amino-alcohol motifs (C(OH)–C–C–N with tert-alkyl or cyclic N) is 1. The number of hydrogen-bond donors (Lipinski definition) is 1. The van der Waals surface area contributed by atoms with Crippen LogP contribution < -0.4 is 0 Å². The van der Waals surface area contributed by atoms with E-state index in [2.05, 4.69) is 0 Å². The number of aliphatic hydroxyl groups is 1. The van der Waals surface area contributed by atoms with E-state index < -0.39 is 23.7 Å². The van der Waals surface area contributed by atoms with Gasteiger partial charge in [0.25, 0.3) is 0 Å². The molecule has 1 amide bonds. The van der Waals surface area contributed by atoms with Crippen LogP contribution in [0.25, 0.3) is 0 Å². The summed E-state index contributed by atoms with van der Waals surface area (Å²) in [6.07, 6.45) is -0.574. The van der Waals surface area contributed by atoms with Crippen LogP contribution in [0.1, 0.15) is 20.8 Å². The number of likely N-dealkylation sites (tertiary alicyclic amines) is 1. The molecule has 1 aliphatic heterocycles. The molecule has 0 aliphatic carbocycles. The topological polar surface area (TPSA) is 66.8 Å². The van der Waals surface area contributed by atoms with Gasteiger partial charge in [0, 0.05) is 6.54 Å². The summed E-state index contributed by atoms with van der Waals surface area (Å²) >= 11 is 0. The predicted octanol–water partition coefficient (Wildman–Crippen LogP) is 0.413. The van der Waals surface area contributed by atoms with Crippen molar-refractivity contribution in [2.75, 3.05) is 13.1 Å². The Balaban J connectivity index is 2.53. The van der Waals surface area contributed by atoms with Gasteiger partial charge in [-0.25, -0.2) is 4.79 Å². The number of ether oxygens (including phenoxy) is 1. The number of aldehydes is 1. The Hall–Kier alpha value is -1.10. The monoisotopic (exact) mass is 215 g/mol. The number of nitrogens with zero attached hydrogens (tertiary/aromatic N) is 1. The van der Waals surface area contributed by atoms with E-state index in [1.54, 1.807) is 20.8 Å². The molecule has 2 atom stereocenters. The SMILES string of the molecule is CC(C)(C)OC(=O)N1C[C@@H](O)[C@H](C=O)C1. The van der Waals surface area contributed by atoms with Crippen LogP contribution in [0.2, 0.25) is 0 Å². The third-order valence-electron chi connectivity index (χ3n) is 2.16. The van der Waals surface area contributed by atoms with Crippen molar-refractivity contribution >= 4 is 12.4 Å².